The quantitative estimate of drug-likeness (QED) is 0.546. The van der Waals surface area contributed by atoms with E-state index in [2.05, 4.69) is 38.2 Å². The molecule has 1 fully saturated rings. The third-order valence-electron chi connectivity index (χ3n) is 4.55. The Bertz CT molecular complexity index is 989. The minimum atomic E-state index is -0.275. The number of hydrogen-bond donors (Lipinski definition) is 1. The lowest BCUT2D eigenvalue weighted by Gasteiger charge is -2.18. The molecular formula is C23H24N2O2S2. The Labute approximate surface area is 181 Å². The molecule has 0 atom stereocenters. The van der Waals surface area contributed by atoms with Crippen molar-refractivity contribution in [3.05, 3.63) is 70.1 Å². The Morgan fingerprint density at radius 3 is 2.48 bits per heavy atom. The molecule has 1 heterocycles. The second kappa shape index (κ2) is 8.51. The van der Waals surface area contributed by atoms with Gasteiger partial charge in [-0.15, -0.1) is 0 Å². The van der Waals surface area contributed by atoms with Crippen LogP contribution in [0.4, 0.5) is 5.69 Å². The van der Waals surface area contributed by atoms with Gasteiger partial charge in [0.2, 0.25) is 5.91 Å². The fourth-order valence-corrected chi connectivity index (χ4v) is 4.19. The largest absolute Gasteiger partial charge is 0.325 e. The third-order valence-corrected chi connectivity index (χ3v) is 5.93. The Morgan fingerprint density at radius 1 is 1.17 bits per heavy atom. The highest BCUT2D eigenvalue weighted by molar-refractivity contribution is 8.26. The smallest absolute Gasteiger partial charge is 0.266 e. The predicted octanol–water partition coefficient (Wildman–Crippen LogP) is 5.13. The molecule has 2 aromatic rings. The maximum atomic E-state index is 12.8. The molecule has 150 valence electrons. The van der Waals surface area contributed by atoms with Crippen LogP contribution in [0.25, 0.3) is 6.08 Å². The summed E-state index contributed by atoms with van der Waals surface area (Å²) in [6.07, 6.45) is 1.82. The van der Waals surface area contributed by atoms with Gasteiger partial charge in [-0.2, -0.15) is 0 Å². The molecule has 0 spiro atoms. The average molecular weight is 425 g/mol. The second-order valence-corrected chi connectivity index (χ2v) is 9.73. The summed E-state index contributed by atoms with van der Waals surface area (Å²) in [5.74, 6) is -0.512. The highest BCUT2D eigenvalue weighted by Crippen LogP contribution is 2.33. The van der Waals surface area contributed by atoms with Crippen LogP contribution in [-0.2, 0) is 15.0 Å². The molecule has 2 aromatic carbocycles. The fourth-order valence-electron chi connectivity index (χ4n) is 2.93. The molecule has 2 amide bonds. The van der Waals surface area contributed by atoms with Crippen LogP contribution in [0.5, 0.6) is 0 Å². The van der Waals surface area contributed by atoms with Crippen LogP contribution in [0.15, 0.2) is 53.4 Å². The summed E-state index contributed by atoms with van der Waals surface area (Å²) >= 11 is 6.56. The van der Waals surface area contributed by atoms with E-state index in [1.807, 2.05) is 49.4 Å². The SMILES string of the molecule is Cc1cccc(NC(=O)CN2C(=O)/C(=C/c3ccc(C(C)(C)C)cc3)SC2=S)c1. The van der Waals surface area contributed by atoms with Crippen LogP contribution in [-0.4, -0.2) is 27.6 Å². The predicted molar refractivity (Wildman–Crippen MR) is 125 cm³/mol. The van der Waals surface area contributed by atoms with Crippen LogP contribution >= 0.6 is 24.0 Å². The van der Waals surface area contributed by atoms with E-state index in [1.165, 1.54) is 22.2 Å². The zero-order valence-electron chi connectivity index (χ0n) is 17.0. The number of rotatable bonds is 4. The molecular weight excluding hydrogens is 400 g/mol. The summed E-state index contributed by atoms with van der Waals surface area (Å²) in [4.78, 5) is 27.0. The van der Waals surface area contributed by atoms with Crippen LogP contribution in [0, 0.1) is 6.92 Å². The molecule has 1 aliphatic rings. The summed E-state index contributed by atoms with van der Waals surface area (Å²) in [5.41, 5.74) is 3.99. The van der Waals surface area contributed by atoms with Gasteiger partial charge in [0, 0.05) is 5.69 Å². The Hall–Kier alpha value is -2.44. The van der Waals surface area contributed by atoms with Crippen LogP contribution in [0.3, 0.4) is 0 Å². The zero-order valence-corrected chi connectivity index (χ0v) is 18.6. The number of anilines is 1. The lowest BCUT2D eigenvalue weighted by atomic mass is 9.87. The van der Waals surface area contributed by atoms with Crippen LogP contribution in [0.2, 0.25) is 0 Å². The first-order chi connectivity index (χ1) is 13.6. The number of amides is 2. The van der Waals surface area contributed by atoms with Crippen molar-refractivity contribution in [3.63, 3.8) is 0 Å². The highest BCUT2D eigenvalue weighted by atomic mass is 32.2. The number of thiocarbonyl (C=S) groups is 1. The second-order valence-electron chi connectivity index (χ2n) is 8.06. The molecule has 6 heteroatoms. The van der Waals surface area contributed by atoms with Crippen molar-refractivity contribution in [2.75, 3.05) is 11.9 Å². The molecule has 1 aliphatic heterocycles. The fraction of sp³-hybridized carbons (Fsp3) is 0.261. The maximum absolute atomic E-state index is 12.8. The standard InChI is InChI=1S/C23H24N2O2S2/c1-15-6-5-7-18(12-15)24-20(26)14-25-21(27)19(29-22(25)28)13-16-8-10-17(11-9-16)23(2,3)4/h5-13H,14H2,1-4H3,(H,24,26)/b19-13-. The Kier molecular flexibility index (Phi) is 6.24. The van der Waals surface area contributed by atoms with E-state index in [1.54, 1.807) is 0 Å². The molecule has 0 saturated carbocycles. The number of nitrogens with zero attached hydrogens (tertiary/aromatic N) is 1. The van der Waals surface area contributed by atoms with E-state index < -0.39 is 0 Å². The summed E-state index contributed by atoms with van der Waals surface area (Å²) in [5, 5.41) is 2.81. The Morgan fingerprint density at radius 2 is 1.86 bits per heavy atom. The first-order valence-corrected chi connectivity index (χ1v) is 10.6. The molecule has 0 unspecified atom stereocenters. The summed E-state index contributed by atoms with van der Waals surface area (Å²) in [6, 6.07) is 15.7. The van der Waals surface area contributed by atoms with E-state index in [0.717, 1.165) is 11.1 Å². The molecule has 4 nitrogen and oxygen atoms in total. The summed E-state index contributed by atoms with van der Waals surface area (Å²) < 4.78 is 0.395. The topological polar surface area (TPSA) is 49.4 Å². The van der Waals surface area contributed by atoms with Crippen molar-refractivity contribution < 1.29 is 9.59 Å². The van der Waals surface area contributed by atoms with Gasteiger partial charge in [0.05, 0.1) is 4.91 Å². The lowest BCUT2D eigenvalue weighted by molar-refractivity contribution is -0.126. The van der Waals surface area contributed by atoms with Crippen molar-refractivity contribution in [1.29, 1.82) is 0 Å². The van der Waals surface area contributed by atoms with Gasteiger partial charge in [-0.3, -0.25) is 14.5 Å². The molecule has 0 radical (unpaired) electrons. The minimum Gasteiger partial charge on any atom is -0.325 e. The van der Waals surface area contributed by atoms with Crippen molar-refractivity contribution >= 4 is 51.9 Å². The summed E-state index contributed by atoms with van der Waals surface area (Å²) in [7, 11) is 0. The first kappa shape index (κ1) is 21.3. The molecule has 0 aromatic heterocycles. The third kappa shape index (κ3) is 5.34. The van der Waals surface area contributed by atoms with Gasteiger partial charge in [0.25, 0.3) is 5.91 Å². The van der Waals surface area contributed by atoms with Gasteiger partial charge in [0.1, 0.15) is 10.9 Å². The van der Waals surface area contributed by atoms with Crippen molar-refractivity contribution in [3.8, 4) is 0 Å². The molecule has 3 rings (SSSR count). The normalized spacial score (nSPS) is 15.9. The van der Waals surface area contributed by atoms with Gasteiger partial charge in [-0.1, -0.05) is 81.1 Å². The monoisotopic (exact) mass is 424 g/mol. The lowest BCUT2D eigenvalue weighted by Crippen LogP contribution is -2.36. The number of thioether (sulfide) groups is 1. The van der Waals surface area contributed by atoms with Crippen molar-refractivity contribution in [2.45, 2.75) is 33.1 Å². The zero-order chi connectivity index (χ0) is 21.2. The number of carbonyl (C=O) groups is 2. The minimum absolute atomic E-state index is 0.0760. The number of aryl methyl sites for hydroxylation is 1. The molecule has 29 heavy (non-hydrogen) atoms. The van der Waals surface area contributed by atoms with E-state index in [4.69, 9.17) is 12.2 Å². The van der Waals surface area contributed by atoms with E-state index in [0.29, 0.717) is 14.9 Å². The highest BCUT2D eigenvalue weighted by Gasteiger charge is 2.33. The van der Waals surface area contributed by atoms with Crippen molar-refractivity contribution in [1.82, 2.24) is 4.90 Å². The summed E-state index contributed by atoms with van der Waals surface area (Å²) in [6.45, 7) is 8.34. The average Bonchev–Trinajstić information content (AvgIpc) is 2.89. The van der Waals surface area contributed by atoms with Gasteiger partial charge < -0.3 is 5.32 Å². The molecule has 0 bridgehead atoms. The van der Waals surface area contributed by atoms with E-state index in [9.17, 15) is 9.59 Å². The van der Waals surface area contributed by atoms with Gasteiger partial charge in [-0.25, -0.2) is 0 Å². The van der Waals surface area contributed by atoms with Crippen LogP contribution < -0.4 is 5.32 Å². The number of hydrogen-bond acceptors (Lipinski definition) is 4. The molecule has 1 N–H and O–H groups in total. The molecule has 1 saturated heterocycles. The number of carbonyl (C=O) groups excluding carboxylic acids is 2. The van der Waals surface area contributed by atoms with E-state index in [-0.39, 0.29) is 23.8 Å². The number of benzene rings is 2. The van der Waals surface area contributed by atoms with Gasteiger partial charge >= 0.3 is 0 Å². The van der Waals surface area contributed by atoms with E-state index >= 15 is 0 Å². The van der Waals surface area contributed by atoms with Gasteiger partial charge in [0.15, 0.2) is 0 Å². The first-order valence-electron chi connectivity index (χ1n) is 9.36. The van der Waals surface area contributed by atoms with Gasteiger partial charge in [-0.05, 0) is 47.2 Å². The van der Waals surface area contributed by atoms with Crippen molar-refractivity contribution in [2.24, 2.45) is 0 Å². The maximum Gasteiger partial charge on any atom is 0.266 e. The number of nitrogens with one attached hydrogen (secondary N) is 1. The Balaban J connectivity index is 1.69. The van der Waals surface area contributed by atoms with Crippen LogP contribution in [0.1, 0.15) is 37.5 Å². The molecule has 0 aliphatic carbocycles.